The minimum atomic E-state index is -3.08. The Morgan fingerprint density at radius 3 is 2.66 bits per heavy atom. The molecule has 1 saturated carbocycles. The maximum Gasteiger partial charge on any atom is 0.428 e. The number of nitrogens with one attached hydrogen (secondary N) is 2. The summed E-state index contributed by atoms with van der Waals surface area (Å²) < 4.78 is 60.1. The number of nitrogens with zero attached hydrogens (tertiary/aromatic N) is 2. The normalized spacial score (nSPS) is 24.6. The number of pyridine rings is 1. The first-order valence-corrected chi connectivity index (χ1v) is 11.2. The molecule has 9 nitrogen and oxygen atoms in total. The van der Waals surface area contributed by atoms with E-state index in [4.69, 9.17) is 9.47 Å². The summed E-state index contributed by atoms with van der Waals surface area (Å²) in [5, 5.41) is 0. The summed E-state index contributed by atoms with van der Waals surface area (Å²) in [6, 6.07) is 2.55. The second-order valence-electron chi connectivity index (χ2n) is 7.70. The van der Waals surface area contributed by atoms with Crippen LogP contribution in [0.1, 0.15) is 19.3 Å². The summed E-state index contributed by atoms with van der Waals surface area (Å²) in [6.45, 7) is -0.398. The van der Waals surface area contributed by atoms with Crippen molar-refractivity contribution in [1.82, 2.24) is 15.8 Å². The number of aromatic nitrogens is 1. The molecular weight excluding hydrogens is 410 g/mol. The second-order valence-corrected chi connectivity index (χ2v) is 9.93. The van der Waals surface area contributed by atoms with Crippen molar-refractivity contribution in [3.8, 4) is 11.8 Å². The Hall–Kier alpha value is -2.21. The number of sulfone groups is 1. The lowest BCUT2D eigenvalue weighted by atomic mass is 10.1. The van der Waals surface area contributed by atoms with Gasteiger partial charge in [-0.1, -0.05) is 0 Å². The molecule has 0 bridgehead atoms. The van der Waals surface area contributed by atoms with E-state index >= 15 is 0 Å². The van der Waals surface area contributed by atoms with Crippen molar-refractivity contribution in [2.75, 3.05) is 36.1 Å². The molecule has 2 N–H and O–H groups in total. The summed E-state index contributed by atoms with van der Waals surface area (Å²) in [4.78, 5) is 17.6. The molecule has 160 valence electrons. The Kier molecular flexibility index (Phi) is 5.23. The third-order valence-electron chi connectivity index (χ3n) is 4.96. The number of halogens is 2. The summed E-state index contributed by atoms with van der Waals surface area (Å²) in [6.07, 6.45) is 1.64. The first-order valence-electron chi connectivity index (χ1n) is 9.39. The standard InChI is InChI=1S/C17H22F2N4O5S/c18-17(19)9-23(10-17)13-3-4-14(20-15(13)27-7-11-1-2-11)28-16(24)22-21-12-5-6-29(25,26)8-12/h3-4,11-12,21H,1-2,5-10H2,(H,22,24). The summed E-state index contributed by atoms with van der Waals surface area (Å²) in [5.74, 6) is -2.19. The van der Waals surface area contributed by atoms with E-state index < -0.39 is 34.9 Å². The van der Waals surface area contributed by atoms with Gasteiger partial charge in [0, 0.05) is 12.1 Å². The van der Waals surface area contributed by atoms with Gasteiger partial charge >= 0.3 is 6.09 Å². The molecular formula is C17H22F2N4O5S. The number of ether oxygens (including phenoxy) is 2. The number of hydrogen-bond donors (Lipinski definition) is 2. The van der Waals surface area contributed by atoms with Gasteiger partial charge in [0.2, 0.25) is 11.8 Å². The molecule has 2 saturated heterocycles. The average molecular weight is 432 g/mol. The highest BCUT2D eigenvalue weighted by Gasteiger charge is 2.45. The first kappa shape index (κ1) is 20.1. The van der Waals surface area contributed by atoms with E-state index in [1.807, 2.05) is 0 Å². The maximum atomic E-state index is 13.2. The monoisotopic (exact) mass is 432 g/mol. The zero-order chi connectivity index (χ0) is 20.6. The van der Waals surface area contributed by atoms with Crippen LogP contribution in [-0.4, -0.2) is 62.7 Å². The van der Waals surface area contributed by atoms with E-state index in [1.165, 1.54) is 17.0 Å². The first-order chi connectivity index (χ1) is 13.7. The fourth-order valence-corrected chi connectivity index (χ4v) is 4.85. The van der Waals surface area contributed by atoms with Crippen LogP contribution in [0.5, 0.6) is 11.8 Å². The van der Waals surface area contributed by atoms with Crippen LogP contribution < -0.4 is 25.2 Å². The number of rotatable bonds is 7. The van der Waals surface area contributed by atoms with Gasteiger partial charge in [0.1, 0.15) is 5.69 Å². The van der Waals surface area contributed by atoms with Gasteiger partial charge in [-0.05, 0) is 31.2 Å². The molecule has 29 heavy (non-hydrogen) atoms. The van der Waals surface area contributed by atoms with Gasteiger partial charge < -0.3 is 14.4 Å². The highest BCUT2D eigenvalue weighted by atomic mass is 32.2. The molecule has 4 rings (SSSR count). The van der Waals surface area contributed by atoms with Crippen LogP contribution in [0.3, 0.4) is 0 Å². The molecule has 12 heteroatoms. The molecule has 0 spiro atoms. The maximum absolute atomic E-state index is 13.2. The SMILES string of the molecule is O=C(NNC1CCS(=O)(=O)C1)Oc1ccc(N2CC(F)(F)C2)c(OCC2CC2)n1. The Morgan fingerprint density at radius 2 is 2.03 bits per heavy atom. The van der Waals surface area contributed by atoms with Crippen LogP contribution in [0.15, 0.2) is 12.1 Å². The Labute approximate surface area is 166 Å². The lowest BCUT2D eigenvalue weighted by Crippen LogP contribution is -2.56. The number of carbonyl (C=O) groups is 1. The van der Waals surface area contributed by atoms with Crippen molar-refractivity contribution in [1.29, 1.82) is 0 Å². The van der Waals surface area contributed by atoms with E-state index in [9.17, 15) is 22.0 Å². The van der Waals surface area contributed by atoms with Gasteiger partial charge in [-0.25, -0.2) is 27.4 Å². The number of hydrazine groups is 1. The van der Waals surface area contributed by atoms with Crippen molar-refractivity contribution in [3.05, 3.63) is 12.1 Å². The minimum Gasteiger partial charge on any atom is -0.476 e. The lowest BCUT2D eigenvalue weighted by Gasteiger charge is -2.40. The number of hydrogen-bond acceptors (Lipinski definition) is 8. The van der Waals surface area contributed by atoms with Gasteiger partial charge in [0.05, 0.1) is 31.2 Å². The Balaban J connectivity index is 1.36. The summed E-state index contributed by atoms with van der Waals surface area (Å²) in [5.41, 5.74) is 5.35. The minimum absolute atomic E-state index is 0.0508. The number of carbonyl (C=O) groups excluding carboxylic acids is 1. The zero-order valence-electron chi connectivity index (χ0n) is 15.6. The molecule has 1 aromatic rings. The predicted molar refractivity (Wildman–Crippen MR) is 99.0 cm³/mol. The molecule has 3 aliphatic rings. The molecule has 1 amide bonds. The summed E-state index contributed by atoms with van der Waals surface area (Å²) in [7, 11) is -3.08. The Morgan fingerprint density at radius 1 is 1.28 bits per heavy atom. The highest BCUT2D eigenvalue weighted by Crippen LogP contribution is 2.38. The Bertz CT molecular complexity index is 886. The molecule has 0 aromatic carbocycles. The van der Waals surface area contributed by atoms with Crippen molar-refractivity contribution in [2.24, 2.45) is 5.92 Å². The third-order valence-corrected chi connectivity index (χ3v) is 6.73. The average Bonchev–Trinajstić information content (AvgIpc) is 3.38. The smallest absolute Gasteiger partial charge is 0.428 e. The number of alkyl halides is 2. The fraction of sp³-hybridized carbons (Fsp3) is 0.647. The van der Waals surface area contributed by atoms with E-state index in [0.717, 1.165) is 12.8 Å². The van der Waals surface area contributed by atoms with Gasteiger partial charge in [0.15, 0.2) is 9.84 Å². The molecule has 0 radical (unpaired) electrons. The number of anilines is 1. The lowest BCUT2D eigenvalue weighted by molar-refractivity contribution is -0.0265. The van der Waals surface area contributed by atoms with Crippen molar-refractivity contribution >= 4 is 21.6 Å². The third kappa shape index (κ3) is 5.24. The van der Waals surface area contributed by atoms with E-state index in [-0.39, 0.29) is 29.3 Å². The predicted octanol–water partition coefficient (Wildman–Crippen LogP) is 1.11. The molecule has 3 heterocycles. The van der Waals surface area contributed by atoms with Crippen molar-refractivity contribution < 1.29 is 31.5 Å². The molecule has 2 aliphatic heterocycles. The van der Waals surface area contributed by atoms with Crippen molar-refractivity contribution in [2.45, 2.75) is 31.2 Å². The van der Waals surface area contributed by atoms with Crippen molar-refractivity contribution in [3.63, 3.8) is 0 Å². The van der Waals surface area contributed by atoms with E-state index in [2.05, 4.69) is 15.8 Å². The molecule has 1 aliphatic carbocycles. The molecule has 1 atom stereocenters. The van der Waals surface area contributed by atoms with Crippen LogP contribution >= 0.6 is 0 Å². The van der Waals surface area contributed by atoms with Crippen LogP contribution in [0.2, 0.25) is 0 Å². The summed E-state index contributed by atoms with van der Waals surface area (Å²) >= 11 is 0. The van der Waals surface area contributed by atoms with Crippen LogP contribution in [0.4, 0.5) is 19.3 Å². The quantitative estimate of drug-likeness (QED) is 0.617. The van der Waals surface area contributed by atoms with E-state index in [1.54, 1.807) is 0 Å². The van der Waals surface area contributed by atoms with Gasteiger partial charge in [-0.15, -0.1) is 0 Å². The molecule has 1 unspecified atom stereocenters. The molecule has 3 fully saturated rings. The van der Waals surface area contributed by atoms with Gasteiger partial charge in [-0.2, -0.15) is 4.98 Å². The van der Waals surface area contributed by atoms with E-state index in [0.29, 0.717) is 24.6 Å². The zero-order valence-corrected chi connectivity index (χ0v) is 16.4. The van der Waals surface area contributed by atoms with Crippen LogP contribution in [-0.2, 0) is 9.84 Å². The highest BCUT2D eigenvalue weighted by molar-refractivity contribution is 7.91. The second kappa shape index (κ2) is 7.56. The van der Waals surface area contributed by atoms with Gasteiger partial charge in [0.25, 0.3) is 5.92 Å². The van der Waals surface area contributed by atoms with Gasteiger partial charge in [-0.3, -0.25) is 5.43 Å². The number of amides is 1. The van der Waals surface area contributed by atoms with Crippen LogP contribution in [0, 0.1) is 5.92 Å². The largest absolute Gasteiger partial charge is 0.476 e. The topological polar surface area (TPSA) is 110 Å². The molecule has 1 aromatic heterocycles. The van der Waals surface area contributed by atoms with Crippen LogP contribution in [0.25, 0.3) is 0 Å². The fourth-order valence-electron chi connectivity index (χ4n) is 3.17.